The van der Waals surface area contributed by atoms with Crippen LogP contribution in [0.25, 0.3) is 22.2 Å². The molecule has 0 aliphatic heterocycles. The number of aromatic nitrogens is 2. The highest BCUT2D eigenvalue weighted by Gasteiger charge is 2.13. The van der Waals surface area contributed by atoms with Gasteiger partial charge in [0.25, 0.3) is 5.91 Å². The van der Waals surface area contributed by atoms with Gasteiger partial charge in [0, 0.05) is 28.9 Å². The van der Waals surface area contributed by atoms with Crippen molar-refractivity contribution in [2.24, 2.45) is 5.10 Å². The Labute approximate surface area is 175 Å². The van der Waals surface area contributed by atoms with E-state index >= 15 is 0 Å². The maximum atomic E-state index is 12.9. The molecule has 0 saturated heterocycles. The summed E-state index contributed by atoms with van der Waals surface area (Å²) >= 11 is 0. The standard InChI is InChI=1S/C25H22N4O/c1-2-6-18-10-12-20(13-11-18)24-15-22(21-8-3-4-9-23(21)28-24)25(30)29-27-17-19-7-5-14-26-16-19/h3-5,7-17H,2,6H2,1H3,(H,29,30)/b27-17-. The molecule has 0 atom stereocenters. The Bertz CT molecular complexity index is 1180. The van der Waals surface area contributed by atoms with E-state index in [0.717, 1.165) is 40.6 Å². The van der Waals surface area contributed by atoms with Gasteiger partial charge in [-0.1, -0.05) is 61.9 Å². The number of pyridine rings is 2. The third-order valence-corrected chi connectivity index (χ3v) is 4.81. The molecule has 0 aliphatic carbocycles. The summed E-state index contributed by atoms with van der Waals surface area (Å²) in [5.74, 6) is -0.280. The highest BCUT2D eigenvalue weighted by molar-refractivity contribution is 6.07. The Morgan fingerprint density at radius 3 is 2.67 bits per heavy atom. The van der Waals surface area contributed by atoms with Crippen LogP contribution in [0.5, 0.6) is 0 Å². The van der Waals surface area contributed by atoms with Crippen molar-refractivity contribution in [2.45, 2.75) is 19.8 Å². The van der Waals surface area contributed by atoms with Gasteiger partial charge >= 0.3 is 0 Å². The van der Waals surface area contributed by atoms with Gasteiger partial charge in [-0.05, 0) is 30.2 Å². The fourth-order valence-electron chi connectivity index (χ4n) is 3.32. The quantitative estimate of drug-likeness (QED) is 0.369. The molecule has 1 amide bonds. The molecule has 0 spiro atoms. The lowest BCUT2D eigenvalue weighted by atomic mass is 10.0. The van der Waals surface area contributed by atoms with Crippen LogP contribution < -0.4 is 5.43 Å². The van der Waals surface area contributed by atoms with Gasteiger partial charge in [0.2, 0.25) is 0 Å². The fraction of sp³-hybridized carbons (Fsp3) is 0.120. The Morgan fingerprint density at radius 1 is 1.07 bits per heavy atom. The third kappa shape index (κ3) is 4.41. The molecular weight excluding hydrogens is 372 g/mol. The predicted octanol–water partition coefficient (Wildman–Crippen LogP) is 5.01. The van der Waals surface area contributed by atoms with E-state index in [1.54, 1.807) is 18.6 Å². The monoisotopic (exact) mass is 394 g/mol. The lowest BCUT2D eigenvalue weighted by Gasteiger charge is -2.09. The van der Waals surface area contributed by atoms with Gasteiger partial charge in [-0.15, -0.1) is 0 Å². The predicted molar refractivity (Wildman–Crippen MR) is 120 cm³/mol. The Kier molecular flexibility index (Phi) is 5.90. The van der Waals surface area contributed by atoms with Crippen LogP contribution in [-0.4, -0.2) is 22.1 Å². The van der Waals surface area contributed by atoms with Crippen molar-refractivity contribution in [1.29, 1.82) is 0 Å². The van der Waals surface area contributed by atoms with E-state index in [4.69, 9.17) is 4.98 Å². The largest absolute Gasteiger partial charge is 0.272 e. The van der Waals surface area contributed by atoms with E-state index in [0.29, 0.717) is 5.56 Å². The first-order valence-electron chi connectivity index (χ1n) is 9.97. The second kappa shape index (κ2) is 9.09. The Hall–Kier alpha value is -3.86. The van der Waals surface area contributed by atoms with Crippen molar-refractivity contribution < 1.29 is 4.79 Å². The number of carbonyl (C=O) groups excluding carboxylic acids is 1. The van der Waals surface area contributed by atoms with Crippen LogP contribution in [0.2, 0.25) is 0 Å². The smallest absolute Gasteiger partial charge is 0.267 e. The normalized spacial score (nSPS) is 11.1. The molecule has 1 N–H and O–H groups in total. The molecule has 2 aromatic carbocycles. The van der Waals surface area contributed by atoms with Crippen LogP contribution in [0.4, 0.5) is 0 Å². The van der Waals surface area contributed by atoms with Gasteiger partial charge in [-0.3, -0.25) is 9.78 Å². The van der Waals surface area contributed by atoms with Crippen molar-refractivity contribution >= 4 is 23.0 Å². The van der Waals surface area contributed by atoms with Crippen molar-refractivity contribution in [3.8, 4) is 11.3 Å². The summed E-state index contributed by atoms with van der Waals surface area (Å²) in [6.45, 7) is 2.17. The maximum absolute atomic E-state index is 12.9. The van der Waals surface area contributed by atoms with E-state index in [1.165, 1.54) is 5.56 Å². The molecule has 0 radical (unpaired) electrons. The molecule has 4 rings (SSSR count). The van der Waals surface area contributed by atoms with Crippen molar-refractivity contribution in [1.82, 2.24) is 15.4 Å². The first-order valence-corrected chi connectivity index (χ1v) is 9.97. The average Bonchev–Trinajstić information content (AvgIpc) is 2.80. The molecule has 0 unspecified atom stereocenters. The van der Waals surface area contributed by atoms with Crippen LogP contribution in [0.1, 0.15) is 34.8 Å². The van der Waals surface area contributed by atoms with Gasteiger partial charge in [0.15, 0.2) is 0 Å². The topological polar surface area (TPSA) is 67.2 Å². The number of hydrazone groups is 1. The molecule has 0 fully saturated rings. The zero-order valence-electron chi connectivity index (χ0n) is 16.7. The molecular formula is C25H22N4O. The summed E-state index contributed by atoms with van der Waals surface area (Å²) in [4.78, 5) is 21.7. The number of hydrogen-bond acceptors (Lipinski definition) is 4. The number of fused-ring (bicyclic) bond motifs is 1. The van der Waals surface area contributed by atoms with Gasteiger partial charge in [0.1, 0.15) is 0 Å². The number of aryl methyl sites for hydroxylation is 1. The van der Waals surface area contributed by atoms with E-state index in [1.807, 2.05) is 42.5 Å². The number of nitrogens with zero attached hydrogens (tertiary/aromatic N) is 3. The van der Waals surface area contributed by atoms with E-state index < -0.39 is 0 Å². The molecule has 2 aromatic heterocycles. The molecule has 2 heterocycles. The van der Waals surface area contributed by atoms with Gasteiger partial charge < -0.3 is 0 Å². The average molecular weight is 394 g/mol. The summed E-state index contributed by atoms with van der Waals surface area (Å²) in [5.41, 5.74) is 7.78. The molecule has 4 aromatic rings. The molecule has 0 bridgehead atoms. The van der Waals surface area contributed by atoms with Crippen molar-refractivity contribution in [3.05, 3.63) is 95.8 Å². The van der Waals surface area contributed by atoms with E-state index in [9.17, 15) is 4.79 Å². The lowest BCUT2D eigenvalue weighted by molar-refractivity contribution is 0.0956. The van der Waals surface area contributed by atoms with Crippen LogP contribution >= 0.6 is 0 Å². The zero-order chi connectivity index (χ0) is 20.8. The number of benzene rings is 2. The minimum atomic E-state index is -0.280. The third-order valence-electron chi connectivity index (χ3n) is 4.81. The van der Waals surface area contributed by atoms with Crippen LogP contribution in [-0.2, 0) is 6.42 Å². The van der Waals surface area contributed by atoms with Gasteiger partial charge in [-0.2, -0.15) is 5.10 Å². The van der Waals surface area contributed by atoms with Gasteiger partial charge in [0.05, 0.1) is 23.0 Å². The molecule has 148 valence electrons. The van der Waals surface area contributed by atoms with Crippen LogP contribution in [0.3, 0.4) is 0 Å². The van der Waals surface area contributed by atoms with Crippen LogP contribution in [0, 0.1) is 0 Å². The summed E-state index contributed by atoms with van der Waals surface area (Å²) in [6.07, 6.45) is 7.10. The summed E-state index contributed by atoms with van der Waals surface area (Å²) in [6, 6.07) is 21.5. The maximum Gasteiger partial charge on any atom is 0.272 e. The highest BCUT2D eigenvalue weighted by Crippen LogP contribution is 2.25. The Balaban J connectivity index is 1.66. The number of hydrogen-bond donors (Lipinski definition) is 1. The Morgan fingerprint density at radius 2 is 1.90 bits per heavy atom. The minimum absolute atomic E-state index is 0.280. The number of rotatable bonds is 6. The number of para-hydroxylation sites is 1. The van der Waals surface area contributed by atoms with Gasteiger partial charge in [-0.25, -0.2) is 10.4 Å². The molecule has 30 heavy (non-hydrogen) atoms. The SMILES string of the molecule is CCCc1ccc(-c2cc(C(=O)N/N=C\c3cccnc3)c3ccccc3n2)cc1. The van der Waals surface area contributed by atoms with Crippen molar-refractivity contribution in [3.63, 3.8) is 0 Å². The molecule has 5 nitrogen and oxygen atoms in total. The number of amides is 1. The summed E-state index contributed by atoms with van der Waals surface area (Å²) in [5, 5.41) is 4.86. The van der Waals surface area contributed by atoms with E-state index in [-0.39, 0.29) is 5.91 Å². The minimum Gasteiger partial charge on any atom is -0.267 e. The molecule has 5 heteroatoms. The second-order valence-electron chi connectivity index (χ2n) is 7.00. The number of carbonyl (C=O) groups is 1. The van der Waals surface area contributed by atoms with E-state index in [2.05, 4.69) is 46.7 Å². The zero-order valence-corrected chi connectivity index (χ0v) is 16.7. The molecule has 0 saturated carbocycles. The number of nitrogens with one attached hydrogen (secondary N) is 1. The molecule has 0 aliphatic rings. The second-order valence-corrected chi connectivity index (χ2v) is 7.00. The van der Waals surface area contributed by atoms with Crippen molar-refractivity contribution in [2.75, 3.05) is 0 Å². The first-order chi connectivity index (χ1) is 14.7. The summed E-state index contributed by atoms with van der Waals surface area (Å²) in [7, 11) is 0. The lowest BCUT2D eigenvalue weighted by Crippen LogP contribution is -2.18. The first kappa shape index (κ1) is 19.5. The highest BCUT2D eigenvalue weighted by atomic mass is 16.2. The fourth-order valence-corrected chi connectivity index (χ4v) is 3.32. The van der Waals surface area contributed by atoms with Crippen LogP contribution in [0.15, 0.2) is 84.2 Å². The summed E-state index contributed by atoms with van der Waals surface area (Å²) < 4.78 is 0.